The van der Waals surface area contributed by atoms with Crippen molar-refractivity contribution in [3.63, 3.8) is 0 Å². The second-order valence-corrected chi connectivity index (χ2v) is 7.68. The first kappa shape index (κ1) is 17.9. The fourth-order valence-electron chi connectivity index (χ4n) is 2.72. The molecule has 1 atom stereocenters. The highest BCUT2D eigenvalue weighted by molar-refractivity contribution is 7.89. The van der Waals surface area contributed by atoms with E-state index in [0.29, 0.717) is 18.9 Å². The average molecular weight is 343 g/mol. The average Bonchev–Trinajstić information content (AvgIpc) is 2.86. The molecular formula is C14H25N5O3S. The topological polar surface area (TPSA) is 110 Å². The van der Waals surface area contributed by atoms with Gasteiger partial charge in [-0.2, -0.15) is 4.31 Å². The van der Waals surface area contributed by atoms with Crippen LogP contribution in [0, 0.1) is 6.92 Å². The molecule has 1 aromatic heterocycles. The number of nitrogens with one attached hydrogen (secondary N) is 1. The zero-order chi connectivity index (χ0) is 17.0. The molecule has 1 aliphatic rings. The number of aromatic nitrogens is 2. The van der Waals surface area contributed by atoms with Crippen LogP contribution in [0.5, 0.6) is 0 Å². The molecule has 3 N–H and O–H groups in total. The second kappa shape index (κ2) is 7.41. The Labute approximate surface area is 137 Å². The summed E-state index contributed by atoms with van der Waals surface area (Å²) in [6, 6.07) is -0.238. The summed E-state index contributed by atoms with van der Waals surface area (Å²) in [6.45, 7) is 2.81. The maximum absolute atomic E-state index is 12.9. The SMILES string of the molecule is Cc1nc(S(=O)(=O)N2CCCCC2CNC(=O)CCN)cn1C. The van der Waals surface area contributed by atoms with Crippen LogP contribution in [0.1, 0.15) is 31.5 Å². The van der Waals surface area contributed by atoms with Crippen molar-refractivity contribution in [2.45, 2.75) is 43.7 Å². The van der Waals surface area contributed by atoms with Crippen LogP contribution in [0.25, 0.3) is 0 Å². The molecule has 1 fully saturated rings. The van der Waals surface area contributed by atoms with Crippen molar-refractivity contribution in [3.8, 4) is 0 Å². The summed E-state index contributed by atoms with van der Waals surface area (Å²) in [4.78, 5) is 15.7. The third-order valence-electron chi connectivity index (χ3n) is 4.14. The maximum atomic E-state index is 12.9. The van der Waals surface area contributed by atoms with Gasteiger partial charge >= 0.3 is 0 Å². The zero-order valence-electron chi connectivity index (χ0n) is 13.7. The molecule has 0 aliphatic carbocycles. The van der Waals surface area contributed by atoms with Crippen LogP contribution in [-0.4, -0.2) is 53.9 Å². The van der Waals surface area contributed by atoms with Gasteiger partial charge in [-0.05, 0) is 19.8 Å². The summed E-state index contributed by atoms with van der Waals surface area (Å²) < 4.78 is 28.9. The summed E-state index contributed by atoms with van der Waals surface area (Å²) in [7, 11) is -1.88. The third kappa shape index (κ3) is 4.10. The zero-order valence-corrected chi connectivity index (χ0v) is 14.5. The predicted molar refractivity (Wildman–Crippen MR) is 86.2 cm³/mol. The minimum absolute atomic E-state index is 0.0673. The first-order valence-electron chi connectivity index (χ1n) is 7.85. The van der Waals surface area contributed by atoms with E-state index in [4.69, 9.17) is 5.73 Å². The minimum atomic E-state index is -3.65. The highest BCUT2D eigenvalue weighted by atomic mass is 32.2. The van der Waals surface area contributed by atoms with Gasteiger partial charge < -0.3 is 15.6 Å². The van der Waals surface area contributed by atoms with Gasteiger partial charge in [-0.3, -0.25) is 4.79 Å². The number of carbonyl (C=O) groups is 1. The first-order chi connectivity index (χ1) is 10.9. The molecule has 0 saturated carbocycles. The molecule has 8 nitrogen and oxygen atoms in total. The molecule has 1 aromatic rings. The number of hydrogen-bond acceptors (Lipinski definition) is 5. The Morgan fingerprint density at radius 3 is 2.83 bits per heavy atom. The fraction of sp³-hybridized carbons (Fsp3) is 0.714. The highest BCUT2D eigenvalue weighted by Gasteiger charge is 2.35. The molecular weight excluding hydrogens is 318 g/mol. The Bertz CT molecular complexity index is 636. The predicted octanol–water partition coefficient (Wildman–Crippen LogP) is -0.263. The van der Waals surface area contributed by atoms with E-state index in [1.54, 1.807) is 18.5 Å². The number of nitrogens with two attached hydrogens (primary N) is 1. The summed E-state index contributed by atoms with van der Waals surface area (Å²) in [6.07, 6.45) is 4.28. The van der Waals surface area contributed by atoms with Gasteiger partial charge in [-0.15, -0.1) is 0 Å². The van der Waals surface area contributed by atoms with Gasteiger partial charge in [-0.25, -0.2) is 13.4 Å². The number of carbonyl (C=O) groups excluding carboxylic acids is 1. The third-order valence-corrected chi connectivity index (χ3v) is 5.96. The number of piperidine rings is 1. The van der Waals surface area contributed by atoms with Crippen LogP contribution in [0.4, 0.5) is 0 Å². The van der Waals surface area contributed by atoms with Crippen LogP contribution in [0.3, 0.4) is 0 Å². The van der Waals surface area contributed by atoms with E-state index in [1.807, 2.05) is 0 Å². The Morgan fingerprint density at radius 2 is 2.22 bits per heavy atom. The van der Waals surface area contributed by atoms with Crippen LogP contribution in [-0.2, 0) is 21.9 Å². The number of sulfonamides is 1. The maximum Gasteiger partial charge on any atom is 0.262 e. The molecule has 0 radical (unpaired) electrons. The van der Waals surface area contributed by atoms with Crippen molar-refractivity contribution in [2.24, 2.45) is 12.8 Å². The Balaban J connectivity index is 2.15. The van der Waals surface area contributed by atoms with Crippen molar-refractivity contribution in [2.75, 3.05) is 19.6 Å². The monoisotopic (exact) mass is 343 g/mol. The lowest BCUT2D eigenvalue weighted by Crippen LogP contribution is -2.49. The number of amides is 1. The van der Waals surface area contributed by atoms with Gasteiger partial charge in [0.05, 0.1) is 0 Å². The molecule has 2 rings (SSSR count). The lowest BCUT2D eigenvalue weighted by atomic mass is 10.1. The molecule has 23 heavy (non-hydrogen) atoms. The number of nitrogens with zero attached hydrogens (tertiary/aromatic N) is 3. The highest BCUT2D eigenvalue weighted by Crippen LogP contribution is 2.24. The number of hydrogen-bond donors (Lipinski definition) is 2. The summed E-state index contributed by atoms with van der Waals surface area (Å²) >= 11 is 0. The lowest BCUT2D eigenvalue weighted by molar-refractivity contribution is -0.121. The summed E-state index contributed by atoms with van der Waals surface area (Å²) in [5.74, 6) is 0.498. The molecule has 0 aromatic carbocycles. The van der Waals surface area contributed by atoms with Crippen LogP contribution < -0.4 is 11.1 Å². The normalized spacial score (nSPS) is 19.7. The van der Waals surface area contributed by atoms with Gasteiger partial charge in [0.2, 0.25) is 5.91 Å². The first-order valence-corrected chi connectivity index (χ1v) is 9.29. The molecule has 1 unspecified atom stereocenters. The van der Waals surface area contributed by atoms with Gasteiger partial charge in [0, 0.05) is 45.3 Å². The van der Waals surface area contributed by atoms with Crippen LogP contribution in [0.2, 0.25) is 0 Å². The van der Waals surface area contributed by atoms with Crippen LogP contribution >= 0.6 is 0 Å². The number of aryl methyl sites for hydroxylation is 2. The van der Waals surface area contributed by atoms with E-state index < -0.39 is 10.0 Å². The van der Waals surface area contributed by atoms with Crippen molar-refractivity contribution >= 4 is 15.9 Å². The van der Waals surface area contributed by atoms with Gasteiger partial charge in [0.25, 0.3) is 10.0 Å². The quantitative estimate of drug-likeness (QED) is 0.739. The molecule has 1 amide bonds. The lowest BCUT2D eigenvalue weighted by Gasteiger charge is -2.34. The van der Waals surface area contributed by atoms with Crippen molar-refractivity contribution in [1.29, 1.82) is 0 Å². The fourth-order valence-corrected chi connectivity index (χ4v) is 4.44. The largest absolute Gasteiger partial charge is 0.354 e. The molecule has 130 valence electrons. The summed E-state index contributed by atoms with van der Waals surface area (Å²) in [5, 5.41) is 2.84. The van der Waals surface area contributed by atoms with Gasteiger partial charge in [-0.1, -0.05) is 6.42 Å². The molecule has 0 bridgehead atoms. The number of rotatable bonds is 6. The minimum Gasteiger partial charge on any atom is -0.354 e. The Morgan fingerprint density at radius 1 is 1.48 bits per heavy atom. The van der Waals surface area contributed by atoms with E-state index >= 15 is 0 Å². The van der Waals surface area contributed by atoms with Gasteiger partial charge in [0.1, 0.15) is 5.82 Å². The van der Waals surface area contributed by atoms with Crippen molar-refractivity contribution in [1.82, 2.24) is 19.2 Å². The van der Waals surface area contributed by atoms with E-state index in [1.165, 1.54) is 10.5 Å². The molecule has 0 spiro atoms. The standard InChI is InChI=1S/C14H25N5O3S/c1-11-17-14(10-18(11)2)23(21,22)19-8-4-3-5-12(19)9-16-13(20)6-7-15/h10,12H,3-9,15H2,1-2H3,(H,16,20). The van der Waals surface area contributed by atoms with Crippen molar-refractivity contribution in [3.05, 3.63) is 12.0 Å². The van der Waals surface area contributed by atoms with Crippen LogP contribution in [0.15, 0.2) is 11.2 Å². The molecule has 9 heteroatoms. The summed E-state index contributed by atoms with van der Waals surface area (Å²) in [5.41, 5.74) is 5.35. The van der Waals surface area contributed by atoms with E-state index in [0.717, 1.165) is 19.3 Å². The van der Waals surface area contributed by atoms with E-state index in [-0.39, 0.29) is 29.9 Å². The Hall–Kier alpha value is -1.45. The van der Waals surface area contributed by atoms with E-state index in [9.17, 15) is 13.2 Å². The van der Waals surface area contributed by atoms with E-state index in [2.05, 4.69) is 10.3 Å². The van der Waals surface area contributed by atoms with Gasteiger partial charge in [0.15, 0.2) is 5.03 Å². The number of imidazole rings is 1. The second-order valence-electron chi connectivity index (χ2n) is 5.85. The molecule has 2 heterocycles. The Kier molecular flexibility index (Phi) is 5.77. The molecule has 1 aliphatic heterocycles. The smallest absolute Gasteiger partial charge is 0.262 e. The molecule has 1 saturated heterocycles. The van der Waals surface area contributed by atoms with Crippen molar-refractivity contribution < 1.29 is 13.2 Å².